The maximum atomic E-state index is 9.64. The Kier molecular flexibility index (Phi) is 4.30. The van der Waals surface area contributed by atoms with Crippen LogP contribution in [0.5, 0.6) is 0 Å². The average molecular weight is 311 g/mol. The van der Waals surface area contributed by atoms with Gasteiger partial charge in [0, 0.05) is 29.1 Å². The number of hydrogen-bond acceptors (Lipinski definition) is 6. The molecule has 1 aliphatic rings. The van der Waals surface area contributed by atoms with E-state index >= 15 is 0 Å². The van der Waals surface area contributed by atoms with Crippen LogP contribution in [-0.2, 0) is 0 Å². The number of nitrogens with zero attached hydrogens (tertiary/aromatic N) is 3. The van der Waals surface area contributed by atoms with Crippen LogP contribution in [0.2, 0.25) is 0 Å². The summed E-state index contributed by atoms with van der Waals surface area (Å²) in [6.45, 7) is 4.07. The Morgan fingerprint density at radius 1 is 1.35 bits per heavy atom. The van der Waals surface area contributed by atoms with Crippen LogP contribution in [0.3, 0.4) is 0 Å². The fraction of sp³-hybridized carbons (Fsp3) is 0.471. The summed E-state index contributed by atoms with van der Waals surface area (Å²) in [6, 6.07) is 6.26. The number of fused-ring (bicyclic) bond motifs is 1. The molecule has 3 N–H and O–H groups in total. The largest absolute Gasteiger partial charge is 0.393 e. The van der Waals surface area contributed by atoms with Crippen molar-refractivity contribution in [3.63, 3.8) is 0 Å². The molecule has 0 amide bonds. The van der Waals surface area contributed by atoms with Gasteiger partial charge in [0.25, 0.3) is 0 Å². The van der Waals surface area contributed by atoms with Gasteiger partial charge in [-0.05, 0) is 45.2 Å². The quantitative estimate of drug-likeness (QED) is 0.803. The van der Waals surface area contributed by atoms with Crippen LogP contribution in [-0.4, -0.2) is 33.3 Å². The van der Waals surface area contributed by atoms with Crippen molar-refractivity contribution in [1.29, 1.82) is 5.26 Å². The molecule has 2 atom stereocenters. The number of anilines is 2. The van der Waals surface area contributed by atoms with Crippen molar-refractivity contribution >= 4 is 22.4 Å². The van der Waals surface area contributed by atoms with Gasteiger partial charge in [0.15, 0.2) is 0 Å². The number of hydrogen-bond donors (Lipinski definition) is 3. The summed E-state index contributed by atoms with van der Waals surface area (Å²) in [6.07, 6.45) is 4.08. The molecule has 1 aliphatic carbocycles. The van der Waals surface area contributed by atoms with Gasteiger partial charge in [0.05, 0.1) is 6.10 Å². The smallest absolute Gasteiger partial charge is 0.143 e. The molecule has 0 saturated heterocycles. The monoisotopic (exact) mass is 311 g/mol. The highest BCUT2D eigenvalue weighted by atomic mass is 16.3. The summed E-state index contributed by atoms with van der Waals surface area (Å²) in [5.74, 6) is 1.47. The number of aromatic nitrogens is 2. The van der Waals surface area contributed by atoms with E-state index in [1.165, 1.54) is 0 Å². The standard InChI is InChI=1S/C17H21N5O/c1-10(2)20-17-15-7-16(21-12-3-4-14(23)6-12)19-9-11(15)5-13(8-18)22-17/h5,7,9-10,12,14,23H,3-4,6H2,1-2H3,(H,19,21)(H,20,22)/t12?,14-/m0/s1. The van der Waals surface area contributed by atoms with Gasteiger partial charge in [-0.2, -0.15) is 5.26 Å². The van der Waals surface area contributed by atoms with Crippen LogP contribution in [0.1, 0.15) is 38.8 Å². The second kappa shape index (κ2) is 6.39. The first-order chi connectivity index (χ1) is 11.0. The Morgan fingerprint density at radius 3 is 2.83 bits per heavy atom. The van der Waals surface area contributed by atoms with Crippen molar-refractivity contribution < 1.29 is 5.11 Å². The summed E-state index contributed by atoms with van der Waals surface area (Å²) >= 11 is 0. The number of aliphatic hydroxyl groups excluding tert-OH is 1. The molecule has 6 heteroatoms. The van der Waals surface area contributed by atoms with Crippen molar-refractivity contribution in [3.05, 3.63) is 24.0 Å². The van der Waals surface area contributed by atoms with Crippen LogP contribution >= 0.6 is 0 Å². The molecule has 23 heavy (non-hydrogen) atoms. The predicted molar refractivity (Wildman–Crippen MR) is 90.3 cm³/mol. The van der Waals surface area contributed by atoms with E-state index in [1.54, 1.807) is 12.3 Å². The summed E-state index contributed by atoms with van der Waals surface area (Å²) in [7, 11) is 0. The topological polar surface area (TPSA) is 93.9 Å². The molecule has 0 aromatic carbocycles. The van der Waals surface area contributed by atoms with E-state index in [2.05, 4.69) is 26.7 Å². The molecule has 1 unspecified atom stereocenters. The number of pyridine rings is 2. The van der Waals surface area contributed by atoms with Crippen LogP contribution in [0.25, 0.3) is 10.8 Å². The Hall–Kier alpha value is -2.39. The summed E-state index contributed by atoms with van der Waals surface area (Å²) < 4.78 is 0. The molecule has 0 bridgehead atoms. The van der Waals surface area contributed by atoms with Crippen LogP contribution < -0.4 is 10.6 Å². The predicted octanol–water partition coefficient (Wildman–Crippen LogP) is 2.65. The van der Waals surface area contributed by atoms with E-state index in [4.69, 9.17) is 5.26 Å². The molecular formula is C17H21N5O. The second-order valence-corrected chi connectivity index (χ2v) is 6.37. The van der Waals surface area contributed by atoms with Crippen molar-refractivity contribution in [3.8, 4) is 6.07 Å². The van der Waals surface area contributed by atoms with Crippen molar-refractivity contribution in [2.75, 3.05) is 10.6 Å². The van der Waals surface area contributed by atoms with E-state index < -0.39 is 0 Å². The van der Waals surface area contributed by atoms with Gasteiger partial charge in [-0.3, -0.25) is 0 Å². The van der Waals surface area contributed by atoms with Crippen LogP contribution in [0.15, 0.2) is 18.3 Å². The summed E-state index contributed by atoms with van der Waals surface area (Å²) in [5.41, 5.74) is 0.377. The van der Waals surface area contributed by atoms with Gasteiger partial charge in [0.2, 0.25) is 0 Å². The molecule has 0 aliphatic heterocycles. The molecule has 0 radical (unpaired) electrons. The molecule has 2 heterocycles. The minimum Gasteiger partial charge on any atom is -0.393 e. The van der Waals surface area contributed by atoms with E-state index in [-0.39, 0.29) is 18.2 Å². The third-order valence-electron chi connectivity index (χ3n) is 4.01. The van der Waals surface area contributed by atoms with E-state index in [9.17, 15) is 5.11 Å². The second-order valence-electron chi connectivity index (χ2n) is 6.37. The first-order valence-corrected chi connectivity index (χ1v) is 7.97. The van der Waals surface area contributed by atoms with E-state index in [1.807, 2.05) is 19.9 Å². The molecule has 1 saturated carbocycles. The Balaban J connectivity index is 1.95. The van der Waals surface area contributed by atoms with E-state index in [0.29, 0.717) is 11.5 Å². The van der Waals surface area contributed by atoms with Gasteiger partial charge >= 0.3 is 0 Å². The maximum absolute atomic E-state index is 9.64. The minimum atomic E-state index is -0.217. The molecule has 2 aromatic rings. The number of aliphatic hydroxyl groups is 1. The van der Waals surface area contributed by atoms with Gasteiger partial charge in [0.1, 0.15) is 23.4 Å². The lowest BCUT2D eigenvalue weighted by molar-refractivity contribution is 0.182. The molecule has 3 rings (SSSR count). The zero-order chi connectivity index (χ0) is 16.4. The van der Waals surface area contributed by atoms with Crippen LogP contribution in [0, 0.1) is 11.3 Å². The molecule has 120 valence electrons. The highest BCUT2D eigenvalue weighted by Crippen LogP contribution is 2.27. The Labute approximate surface area is 135 Å². The first-order valence-electron chi connectivity index (χ1n) is 7.97. The average Bonchev–Trinajstić information content (AvgIpc) is 2.92. The first kappa shape index (κ1) is 15.5. The Morgan fingerprint density at radius 2 is 2.17 bits per heavy atom. The zero-order valence-electron chi connectivity index (χ0n) is 13.4. The molecular weight excluding hydrogens is 290 g/mol. The van der Waals surface area contributed by atoms with E-state index in [0.717, 1.165) is 35.9 Å². The van der Waals surface area contributed by atoms with Crippen molar-refractivity contribution in [2.45, 2.75) is 51.3 Å². The van der Waals surface area contributed by atoms with Crippen molar-refractivity contribution in [1.82, 2.24) is 9.97 Å². The molecule has 2 aromatic heterocycles. The maximum Gasteiger partial charge on any atom is 0.143 e. The minimum absolute atomic E-state index is 0.217. The number of nitriles is 1. The van der Waals surface area contributed by atoms with Crippen LogP contribution in [0.4, 0.5) is 11.6 Å². The lowest BCUT2D eigenvalue weighted by Gasteiger charge is -2.15. The number of nitrogens with one attached hydrogen (secondary N) is 2. The zero-order valence-corrected chi connectivity index (χ0v) is 13.4. The van der Waals surface area contributed by atoms with Gasteiger partial charge in [-0.25, -0.2) is 9.97 Å². The lowest BCUT2D eigenvalue weighted by Crippen LogP contribution is -2.17. The Bertz CT molecular complexity index is 752. The molecule has 6 nitrogen and oxygen atoms in total. The highest BCUT2D eigenvalue weighted by molar-refractivity contribution is 5.93. The molecule has 1 fully saturated rings. The third kappa shape index (κ3) is 3.51. The number of rotatable bonds is 4. The third-order valence-corrected chi connectivity index (χ3v) is 4.01. The normalized spacial score (nSPS) is 20.7. The highest BCUT2D eigenvalue weighted by Gasteiger charge is 2.23. The lowest BCUT2D eigenvalue weighted by atomic mass is 10.1. The molecule has 0 spiro atoms. The summed E-state index contributed by atoms with van der Waals surface area (Å²) in [5, 5.41) is 27.3. The van der Waals surface area contributed by atoms with Gasteiger partial charge < -0.3 is 15.7 Å². The van der Waals surface area contributed by atoms with Gasteiger partial charge in [-0.1, -0.05) is 0 Å². The fourth-order valence-electron chi connectivity index (χ4n) is 2.96. The fourth-order valence-corrected chi connectivity index (χ4v) is 2.96. The summed E-state index contributed by atoms with van der Waals surface area (Å²) in [4.78, 5) is 8.81. The van der Waals surface area contributed by atoms with Gasteiger partial charge in [-0.15, -0.1) is 0 Å². The SMILES string of the molecule is CC(C)Nc1nc(C#N)cc2cnc(NC3CC[C@H](O)C3)cc12. The van der Waals surface area contributed by atoms with Crippen molar-refractivity contribution in [2.24, 2.45) is 0 Å².